The fourth-order valence-corrected chi connectivity index (χ4v) is 2.40. The molecule has 1 heterocycles. The molecule has 0 unspecified atom stereocenters. The van der Waals surface area contributed by atoms with Crippen molar-refractivity contribution in [2.24, 2.45) is 0 Å². The zero-order valence-corrected chi connectivity index (χ0v) is 12.5. The average Bonchev–Trinajstić information content (AvgIpc) is 2.35. The van der Waals surface area contributed by atoms with Gasteiger partial charge in [-0.05, 0) is 13.0 Å². The highest BCUT2D eigenvalue weighted by Gasteiger charge is 2.11. The Labute approximate surface area is 122 Å². The van der Waals surface area contributed by atoms with Crippen LogP contribution in [0.15, 0.2) is 15.7 Å². The number of hydrogen-bond donors (Lipinski definition) is 4. The molecule has 1 aromatic heterocycles. The van der Waals surface area contributed by atoms with Crippen molar-refractivity contribution in [2.45, 2.75) is 13.0 Å². The van der Waals surface area contributed by atoms with Crippen LogP contribution in [0.5, 0.6) is 0 Å². The van der Waals surface area contributed by atoms with E-state index >= 15 is 0 Å². The Balaban J connectivity index is 2.81. The molecule has 0 bridgehead atoms. The number of aromatic nitrogens is 2. The van der Waals surface area contributed by atoms with Crippen molar-refractivity contribution >= 4 is 22.8 Å². The number of carbonyl (C=O) groups excluding carboxylic acids is 1. The van der Waals surface area contributed by atoms with Gasteiger partial charge in [-0.25, -0.2) is 4.79 Å². The van der Waals surface area contributed by atoms with Crippen LogP contribution in [-0.2, 0) is 15.6 Å². The lowest BCUT2D eigenvalue weighted by Gasteiger charge is -2.13. The monoisotopic (exact) mass is 315 g/mol. The van der Waals surface area contributed by atoms with Gasteiger partial charge in [-0.1, -0.05) is 0 Å². The first-order chi connectivity index (χ1) is 9.83. The van der Waals surface area contributed by atoms with E-state index in [9.17, 15) is 18.6 Å². The Bertz CT molecular complexity index is 676. The predicted octanol–water partition coefficient (Wildman–Crippen LogP) is -1.76. The Morgan fingerprint density at radius 1 is 1.43 bits per heavy atom. The summed E-state index contributed by atoms with van der Waals surface area (Å²) in [5, 5.41) is 11.5. The number of amides is 1. The van der Waals surface area contributed by atoms with E-state index < -0.39 is 34.0 Å². The highest BCUT2D eigenvalue weighted by Crippen LogP contribution is 1.98. The van der Waals surface area contributed by atoms with Crippen molar-refractivity contribution in [3.8, 4) is 0 Å². The smallest absolute Gasteiger partial charge is 0.325 e. The fourth-order valence-electron chi connectivity index (χ4n) is 1.64. The molecule has 4 N–H and O–H groups in total. The van der Waals surface area contributed by atoms with E-state index in [1.165, 1.54) is 19.3 Å². The SMILES string of the molecule is Cc1[nH]c(=O)[nH]c(=O)c1/C=C/C(=O)N[C@@H](CO)C[S@](C)=O. The summed E-state index contributed by atoms with van der Waals surface area (Å²) in [5.74, 6) is -0.404. The molecule has 1 aromatic rings. The third-order valence-electron chi connectivity index (χ3n) is 2.58. The normalized spacial score (nSPS) is 14.0. The summed E-state index contributed by atoms with van der Waals surface area (Å²) >= 11 is 0. The number of carbonyl (C=O) groups is 1. The number of nitrogens with one attached hydrogen (secondary N) is 3. The van der Waals surface area contributed by atoms with Gasteiger partial charge in [0.15, 0.2) is 0 Å². The van der Waals surface area contributed by atoms with Crippen LogP contribution >= 0.6 is 0 Å². The van der Waals surface area contributed by atoms with Gasteiger partial charge in [0.2, 0.25) is 5.91 Å². The minimum Gasteiger partial charge on any atom is -0.394 e. The van der Waals surface area contributed by atoms with E-state index in [1.54, 1.807) is 0 Å². The first-order valence-corrected chi connectivity index (χ1v) is 7.79. The molecule has 0 saturated heterocycles. The number of aromatic amines is 2. The molecule has 1 amide bonds. The van der Waals surface area contributed by atoms with Gasteiger partial charge >= 0.3 is 5.69 Å². The largest absolute Gasteiger partial charge is 0.394 e. The molecule has 0 saturated carbocycles. The fraction of sp³-hybridized carbons (Fsp3) is 0.417. The van der Waals surface area contributed by atoms with Crippen molar-refractivity contribution in [3.63, 3.8) is 0 Å². The highest BCUT2D eigenvalue weighted by molar-refractivity contribution is 7.84. The van der Waals surface area contributed by atoms with Gasteiger partial charge < -0.3 is 15.4 Å². The molecule has 9 heteroatoms. The summed E-state index contributed by atoms with van der Waals surface area (Å²) in [7, 11) is -1.16. The van der Waals surface area contributed by atoms with Crippen molar-refractivity contribution in [3.05, 3.63) is 38.2 Å². The maximum Gasteiger partial charge on any atom is 0.325 e. The molecule has 0 radical (unpaired) electrons. The van der Waals surface area contributed by atoms with E-state index in [0.717, 1.165) is 6.08 Å². The molecule has 8 nitrogen and oxygen atoms in total. The molecule has 0 aliphatic heterocycles. The van der Waals surface area contributed by atoms with Gasteiger partial charge in [-0.3, -0.25) is 18.8 Å². The Morgan fingerprint density at radius 2 is 2.10 bits per heavy atom. The predicted molar refractivity (Wildman–Crippen MR) is 79.4 cm³/mol. The topological polar surface area (TPSA) is 132 Å². The lowest BCUT2D eigenvalue weighted by molar-refractivity contribution is -0.117. The van der Waals surface area contributed by atoms with Crippen LogP contribution in [0.1, 0.15) is 11.3 Å². The van der Waals surface area contributed by atoms with Crippen molar-refractivity contribution in [1.29, 1.82) is 0 Å². The Morgan fingerprint density at radius 3 is 2.62 bits per heavy atom. The number of aliphatic hydroxyl groups excluding tert-OH is 1. The van der Waals surface area contributed by atoms with Crippen molar-refractivity contribution < 1.29 is 14.1 Å². The standard InChI is InChI=1S/C12H17N3O5S/c1-7-9(11(18)15-12(19)13-7)3-4-10(17)14-8(5-16)6-21(2)20/h3-4,8,16H,5-6H2,1-2H3,(H,14,17)(H2,13,15,18,19)/b4-3+/t8-,21-/m0/s1. The molecule has 0 aromatic carbocycles. The third-order valence-corrected chi connectivity index (χ3v) is 3.45. The molecule has 0 aliphatic carbocycles. The summed E-state index contributed by atoms with van der Waals surface area (Å²) < 4.78 is 11.0. The maximum absolute atomic E-state index is 11.7. The maximum atomic E-state index is 11.7. The third kappa shape index (κ3) is 5.48. The minimum atomic E-state index is -1.16. The van der Waals surface area contributed by atoms with E-state index in [0.29, 0.717) is 5.69 Å². The van der Waals surface area contributed by atoms with E-state index in [1.807, 2.05) is 0 Å². The first kappa shape index (κ1) is 17.1. The van der Waals surface area contributed by atoms with E-state index in [-0.39, 0.29) is 17.9 Å². The van der Waals surface area contributed by atoms with Crippen LogP contribution in [0.4, 0.5) is 0 Å². The zero-order valence-electron chi connectivity index (χ0n) is 11.6. The lowest BCUT2D eigenvalue weighted by atomic mass is 10.2. The molecule has 21 heavy (non-hydrogen) atoms. The molecule has 2 atom stereocenters. The molecule has 0 fully saturated rings. The summed E-state index contributed by atoms with van der Waals surface area (Å²) in [5.41, 5.74) is -0.732. The Kier molecular flexibility index (Phi) is 6.25. The second-order valence-corrected chi connectivity index (χ2v) is 5.89. The van der Waals surface area contributed by atoms with Crippen molar-refractivity contribution in [2.75, 3.05) is 18.6 Å². The van der Waals surface area contributed by atoms with E-state index in [4.69, 9.17) is 5.11 Å². The number of aryl methyl sites for hydroxylation is 1. The number of H-pyrrole nitrogens is 2. The molecule has 1 rings (SSSR count). The minimum absolute atomic E-state index is 0.133. The van der Waals surface area contributed by atoms with Crippen LogP contribution in [-0.4, -0.2) is 49.8 Å². The average molecular weight is 315 g/mol. The zero-order chi connectivity index (χ0) is 16.0. The summed E-state index contributed by atoms with van der Waals surface area (Å²) in [6, 6.07) is -0.622. The number of rotatable bonds is 6. The molecule has 0 aliphatic rings. The lowest BCUT2D eigenvalue weighted by Crippen LogP contribution is -2.40. The molecule has 0 spiro atoms. The molecular weight excluding hydrogens is 298 g/mol. The van der Waals surface area contributed by atoms with Crippen molar-refractivity contribution in [1.82, 2.24) is 15.3 Å². The number of aliphatic hydroxyl groups is 1. The first-order valence-electron chi connectivity index (χ1n) is 6.06. The molecular formula is C12H17N3O5S. The summed E-state index contributed by atoms with van der Waals surface area (Å²) in [6.07, 6.45) is 3.84. The molecule has 116 valence electrons. The quantitative estimate of drug-likeness (QED) is 0.462. The van der Waals surface area contributed by atoms with Crippen LogP contribution in [0.3, 0.4) is 0 Å². The van der Waals surface area contributed by atoms with Crippen LogP contribution in [0, 0.1) is 6.92 Å². The van der Waals surface area contributed by atoms with Gasteiger partial charge in [0.1, 0.15) is 0 Å². The van der Waals surface area contributed by atoms with Gasteiger partial charge in [-0.15, -0.1) is 0 Å². The summed E-state index contributed by atoms with van der Waals surface area (Å²) in [6.45, 7) is 1.20. The second-order valence-electron chi connectivity index (χ2n) is 4.41. The van der Waals surface area contributed by atoms with Gasteiger partial charge in [0, 0.05) is 34.6 Å². The Hall–Kier alpha value is -2.00. The summed E-state index contributed by atoms with van der Waals surface area (Å²) in [4.78, 5) is 38.7. The van der Waals surface area contributed by atoms with Gasteiger partial charge in [-0.2, -0.15) is 0 Å². The van der Waals surface area contributed by atoms with Gasteiger partial charge in [0.25, 0.3) is 5.56 Å². The second kappa shape index (κ2) is 7.70. The van der Waals surface area contributed by atoms with Crippen LogP contribution in [0.2, 0.25) is 0 Å². The van der Waals surface area contributed by atoms with Crippen LogP contribution < -0.4 is 16.6 Å². The number of hydrogen-bond acceptors (Lipinski definition) is 5. The van der Waals surface area contributed by atoms with Gasteiger partial charge in [0.05, 0.1) is 18.2 Å². The highest BCUT2D eigenvalue weighted by atomic mass is 32.2. The van der Waals surface area contributed by atoms with E-state index in [2.05, 4.69) is 15.3 Å². The van der Waals surface area contributed by atoms with Crippen LogP contribution in [0.25, 0.3) is 6.08 Å².